The summed E-state index contributed by atoms with van der Waals surface area (Å²) < 4.78 is 56.2. The summed E-state index contributed by atoms with van der Waals surface area (Å²) in [6.07, 6.45) is -1.66. The molecule has 0 unspecified atom stereocenters. The molecule has 0 aliphatic carbocycles. The second-order valence-corrected chi connectivity index (χ2v) is 6.08. The number of aryl methyl sites for hydroxylation is 1. The molecule has 27 heavy (non-hydrogen) atoms. The van der Waals surface area contributed by atoms with Gasteiger partial charge in [0.05, 0.1) is 11.4 Å². The van der Waals surface area contributed by atoms with Gasteiger partial charge in [0.1, 0.15) is 5.82 Å². The number of alkyl halides is 2. The van der Waals surface area contributed by atoms with Crippen LogP contribution in [0.15, 0.2) is 42.6 Å². The molecule has 140 valence electrons. The Hall–Kier alpha value is -2.87. The SMILES string of the molecule is Cn1cc(N(C=O)c2c(F)cc(F)cc2-c2ccc(Cl)cc2)c(C(F)F)n1. The summed E-state index contributed by atoms with van der Waals surface area (Å²) in [6.45, 7) is 0. The minimum atomic E-state index is -2.99. The molecular weight excluding hydrogens is 386 g/mol. The average molecular weight is 398 g/mol. The normalized spacial score (nSPS) is 11.1. The van der Waals surface area contributed by atoms with Crippen molar-refractivity contribution in [3.63, 3.8) is 0 Å². The minimum absolute atomic E-state index is 0.000311. The number of halogens is 5. The van der Waals surface area contributed by atoms with Gasteiger partial charge in [-0.15, -0.1) is 0 Å². The number of nitrogens with zero attached hydrogens (tertiary/aromatic N) is 3. The number of hydrogen-bond donors (Lipinski definition) is 0. The van der Waals surface area contributed by atoms with Gasteiger partial charge in [-0.05, 0) is 23.8 Å². The number of rotatable bonds is 5. The Balaban J connectivity index is 2.26. The molecule has 1 amide bonds. The van der Waals surface area contributed by atoms with Crippen molar-refractivity contribution < 1.29 is 22.4 Å². The quantitative estimate of drug-likeness (QED) is 0.435. The lowest BCUT2D eigenvalue weighted by molar-refractivity contribution is -0.106. The molecule has 9 heteroatoms. The Kier molecular flexibility index (Phi) is 5.18. The largest absolute Gasteiger partial charge is 0.284 e. The van der Waals surface area contributed by atoms with Gasteiger partial charge in [-0.25, -0.2) is 17.6 Å². The molecule has 3 rings (SSSR count). The molecule has 2 aromatic carbocycles. The molecule has 0 spiro atoms. The molecule has 0 fully saturated rings. The summed E-state index contributed by atoms with van der Waals surface area (Å²) >= 11 is 5.84. The van der Waals surface area contributed by atoms with Crippen LogP contribution in [0.3, 0.4) is 0 Å². The molecule has 0 radical (unpaired) electrons. The van der Waals surface area contributed by atoms with Crippen LogP contribution in [-0.2, 0) is 11.8 Å². The van der Waals surface area contributed by atoms with E-state index in [1.54, 1.807) is 0 Å². The summed E-state index contributed by atoms with van der Waals surface area (Å²) in [5.74, 6) is -1.97. The van der Waals surface area contributed by atoms with E-state index < -0.39 is 23.8 Å². The molecule has 3 aromatic rings. The van der Waals surface area contributed by atoms with Crippen LogP contribution in [0.25, 0.3) is 11.1 Å². The second kappa shape index (κ2) is 7.40. The van der Waals surface area contributed by atoms with E-state index in [2.05, 4.69) is 5.10 Å². The van der Waals surface area contributed by atoms with Crippen LogP contribution in [0.2, 0.25) is 5.02 Å². The maximum Gasteiger partial charge on any atom is 0.284 e. The number of amides is 1. The standard InChI is InChI=1S/C18H12ClF4N3O/c1-25-8-15(16(24-25)18(22)23)26(9-27)17-13(6-12(20)7-14(17)21)10-2-4-11(19)5-3-10/h2-9,18H,1H3. The molecule has 4 nitrogen and oxygen atoms in total. The lowest BCUT2D eigenvalue weighted by atomic mass is 10.0. The predicted octanol–water partition coefficient (Wildman–Crippen LogP) is 5.25. The fourth-order valence-corrected chi connectivity index (χ4v) is 2.85. The molecule has 0 atom stereocenters. The van der Waals surface area contributed by atoms with Gasteiger partial charge in [0, 0.05) is 29.9 Å². The van der Waals surface area contributed by atoms with Gasteiger partial charge in [-0.1, -0.05) is 23.7 Å². The van der Waals surface area contributed by atoms with Crippen LogP contribution in [-0.4, -0.2) is 16.2 Å². The number of hydrogen-bond acceptors (Lipinski definition) is 2. The van der Waals surface area contributed by atoms with Gasteiger partial charge in [0.25, 0.3) is 6.43 Å². The number of aromatic nitrogens is 2. The van der Waals surface area contributed by atoms with E-state index in [0.717, 1.165) is 16.9 Å². The van der Waals surface area contributed by atoms with Crippen molar-refractivity contribution in [2.75, 3.05) is 4.90 Å². The summed E-state index contributed by atoms with van der Waals surface area (Å²) in [6, 6.07) is 7.59. The topological polar surface area (TPSA) is 38.1 Å². The highest BCUT2D eigenvalue weighted by atomic mass is 35.5. The summed E-state index contributed by atoms with van der Waals surface area (Å²) in [5, 5.41) is 4.02. The van der Waals surface area contributed by atoms with Crippen molar-refractivity contribution in [1.82, 2.24) is 9.78 Å². The Labute approximate surface area is 156 Å². The highest BCUT2D eigenvalue weighted by Crippen LogP contribution is 2.40. The monoisotopic (exact) mass is 397 g/mol. The van der Waals surface area contributed by atoms with Crippen LogP contribution in [0, 0.1) is 11.6 Å². The van der Waals surface area contributed by atoms with Gasteiger partial charge < -0.3 is 0 Å². The number of benzene rings is 2. The maximum atomic E-state index is 14.7. The van der Waals surface area contributed by atoms with E-state index in [-0.39, 0.29) is 23.3 Å². The third-order valence-corrected chi connectivity index (χ3v) is 4.08. The van der Waals surface area contributed by atoms with E-state index in [4.69, 9.17) is 11.6 Å². The maximum absolute atomic E-state index is 14.7. The zero-order valence-corrected chi connectivity index (χ0v) is 14.6. The summed E-state index contributed by atoms with van der Waals surface area (Å²) in [7, 11) is 1.39. The number of carbonyl (C=O) groups excluding carboxylic acids is 1. The fraction of sp³-hybridized carbons (Fsp3) is 0.111. The third-order valence-electron chi connectivity index (χ3n) is 3.83. The van der Waals surface area contributed by atoms with Gasteiger partial charge in [-0.3, -0.25) is 14.4 Å². The van der Waals surface area contributed by atoms with Crippen molar-refractivity contribution >= 4 is 29.4 Å². The van der Waals surface area contributed by atoms with Gasteiger partial charge >= 0.3 is 0 Å². The fourth-order valence-electron chi connectivity index (χ4n) is 2.72. The molecule has 1 aromatic heterocycles. The lowest BCUT2D eigenvalue weighted by Gasteiger charge is -2.21. The molecule has 0 aliphatic rings. The Bertz CT molecular complexity index is 989. The van der Waals surface area contributed by atoms with E-state index in [1.807, 2.05) is 0 Å². The van der Waals surface area contributed by atoms with E-state index >= 15 is 0 Å². The van der Waals surface area contributed by atoms with Crippen molar-refractivity contribution in [3.05, 3.63) is 64.9 Å². The molecule has 0 aliphatic heterocycles. The third kappa shape index (κ3) is 3.66. The van der Waals surface area contributed by atoms with Crippen LogP contribution in [0.5, 0.6) is 0 Å². The van der Waals surface area contributed by atoms with Crippen molar-refractivity contribution in [3.8, 4) is 11.1 Å². The lowest BCUT2D eigenvalue weighted by Crippen LogP contribution is -2.18. The van der Waals surface area contributed by atoms with Crippen LogP contribution in [0.4, 0.5) is 28.9 Å². The van der Waals surface area contributed by atoms with Crippen LogP contribution in [0.1, 0.15) is 12.1 Å². The first kappa shape index (κ1) is 18.9. The first-order valence-corrected chi connectivity index (χ1v) is 8.00. The van der Waals surface area contributed by atoms with Crippen molar-refractivity contribution in [1.29, 1.82) is 0 Å². The van der Waals surface area contributed by atoms with Crippen LogP contribution >= 0.6 is 11.6 Å². The average Bonchev–Trinajstić information content (AvgIpc) is 2.99. The van der Waals surface area contributed by atoms with Gasteiger partial charge in [0.15, 0.2) is 11.5 Å². The first-order valence-electron chi connectivity index (χ1n) is 7.63. The Morgan fingerprint density at radius 2 is 1.85 bits per heavy atom. The van der Waals surface area contributed by atoms with Crippen molar-refractivity contribution in [2.24, 2.45) is 7.05 Å². The summed E-state index contributed by atoms with van der Waals surface area (Å²) in [5.41, 5.74) is -1.02. The molecule has 1 heterocycles. The molecule has 0 bridgehead atoms. The Morgan fingerprint density at radius 3 is 2.44 bits per heavy atom. The zero-order valence-electron chi connectivity index (χ0n) is 13.8. The second-order valence-electron chi connectivity index (χ2n) is 5.64. The van der Waals surface area contributed by atoms with E-state index in [0.29, 0.717) is 21.6 Å². The van der Waals surface area contributed by atoms with Crippen LogP contribution < -0.4 is 4.90 Å². The van der Waals surface area contributed by atoms with Gasteiger partial charge in [0.2, 0.25) is 6.41 Å². The molecular formula is C18H12ClF4N3O. The Morgan fingerprint density at radius 1 is 1.19 bits per heavy atom. The molecule has 0 saturated heterocycles. The highest BCUT2D eigenvalue weighted by Gasteiger charge is 2.27. The smallest absolute Gasteiger partial charge is 0.278 e. The zero-order chi connectivity index (χ0) is 19.7. The van der Waals surface area contributed by atoms with Gasteiger partial charge in [-0.2, -0.15) is 5.10 Å². The summed E-state index contributed by atoms with van der Waals surface area (Å²) in [4.78, 5) is 12.4. The first-order chi connectivity index (χ1) is 12.8. The molecule has 0 saturated carbocycles. The van der Waals surface area contributed by atoms with E-state index in [1.165, 1.54) is 31.3 Å². The van der Waals surface area contributed by atoms with E-state index in [9.17, 15) is 22.4 Å². The highest BCUT2D eigenvalue weighted by molar-refractivity contribution is 6.30. The minimum Gasteiger partial charge on any atom is -0.278 e. The molecule has 0 N–H and O–H groups in total. The number of carbonyl (C=O) groups is 1. The number of anilines is 2. The van der Waals surface area contributed by atoms with Crippen molar-refractivity contribution in [2.45, 2.75) is 6.43 Å². The predicted molar refractivity (Wildman–Crippen MR) is 93.2 cm³/mol.